The molecule has 19 heavy (non-hydrogen) atoms. The molecular weight excluding hydrogens is 264 g/mol. The van der Waals surface area contributed by atoms with Gasteiger partial charge in [-0.15, -0.1) is 0 Å². The number of rotatable bonds is 2. The fourth-order valence-electron chi connectivity index (χ4n) is 1.81. The predicted octanol–water partition coefficient (Wildman–Crippen LogP) is -0.322. The van der Waals surface area contributed by atoms with Crippen LogP contribution in [0.3, 0.4) is 0 Å². The van der Waals surface area contributed by atoms with Crippen LogP contribution in [0.15, 0.2) is 18.3 Å². The third kappa shape index (κ3) is 3.25. The van der Waals surface area contributed by atoms with Gasteiger partial charge >= 0.3 is 0 Å². The van der Waals surface area contributed by atoms with Crippen LogP contribution in [0.5, 0.6) is 0 Å². The fraction of sp³-hybridized carbons (Fsp3) is 0.333. The number of aromatic nitrogens is 1. The third-order valence-corrected chi connectivity index (χ3v) is 3.05. The molecule has 1 aliphatic rings. The van der Waals surface area contributed by atoms with Gasteiger partial charge in [-0.1, -0.05) is 12.2 Å². The maximum atomic E-state index is 12.2. The summed E-state index contributed by atoms with van der Waals surface area (Å²) >= 11 is 4.82. The summed E-state index contributed by atoms with van der Waals surface area (Å²) in [5.41, 5.74) is 6.36. The molecule has 0 spiro atoms. The lowest BCUT2D eigenvalue weighted by molar-refractivity contribution is -0.121. The zero-order valence-electron chi connectivity index (χ0n) is 10.3. The normalized spacial score (nSPS) is 15.6. The topological polar surface area (TPSA) is 88.3 Å². The van der Waals surface area contributed by atoms with E-state index in [-0.39, 0.29) is 29.0 Å². The second-order valence-electron chi connectivity index (χ2n) is 4.23. The highest BCUT2D eigenvalue weighted by Crippen LogP contribution is 2.06. The second kappa shape index (κ2) is 5.75. The van der Waals surface area contributed by atoms with E-state index >= 15 is 0 Å². The Bertz CT molecular complexity index is 515. The number of carbonyl (C=O) groups excluding carboxylic acids is 2. The van der Waals surface area contributed by atoms with Crippen molar-refractivity contribution in [2.75, 3.05) is 19.6 Å². The predicted molar refractivity (Wildman–Crippen MR) is 73.7 cm³/mol. The molecule has 7 heteroatoms. The van der Waals surface area contributed by atoms with Crippen LogP contribution in [-0.4, -0.2) is 46.3 Å². The van der Waals surface area contributed by atoms with Gasteiger partial charge in [0.2, 0.25) is 5.91 Å². The van der Waals surface area contributed by atoms with E-state index in [1.54, 1.807) is 12.1 Å². The van der Waals surface area contributed by atoms with Crippen molar-refractivity contribution >= 4 is 29.0 Å². The Morgan fingerprint density at radius 3 is 2.89 bits per heavy atom. The molecule has 2 heterocycles. The molecule has 0 aromatic carbocycles. The molecule has 3 N–H and O–H groups in total. The Balaban J connectivity index is 2.14. The molecule has 1 aliphatic heterocycles. The van der Waals surface area contributed by atoms with Gasteiger partial charge in [-0.05, 0) is 18.6 Å². The fourth-order valence-corrected chi connectivity index (χ4v) is 1.93. The molecule has 1 aromatic rings. The van der Waals surface area contributed by atoms with Gasteiger partial charge in [0, 0.05) is 24.8 Å². The van der Waals surface area contributed by atoms with Crippen LogP contribution in [0, 0.1) is 0 Å². The Labute approximate surface area is 116 Å². The Morgan fingerprint density at radius 2 is 2.26 bits per heavy atom. The number of hydrogen-bond donors (Lipinski definition) is 2. The highest BCUT2D eigenvalue weighted by Gasteiger charge is 2.21. The molecule has 0 saturated carbocycles. The summed E-state index contributed by atoms with van der Waals surface area (Å²) in [5.74, 6) is -0.405. The molecular formula is C12H14N4O2S. The molecule has 6 nitrogen and oxygen atoms in total. The van der Waals surface area contributed by atoms with Crippen molar-refractivity contribution in [3.05, 3.63) is 29.6 Å². The largest absolute Gasteiger partial charge is 0.389 e. The third-order valence-electron chi connectivity index (χ3n) is 2.82. The Morgan fingerprint density at radius 1 is 1.47 bits per heavy atom. The van der Waals surface area contributed by atoms with E-state index in [4.69, 9.17) is 18.0 Å². The van der Waals surface area contributed by atoms with E-state index < -0.39 is 0 Å². The number of hydrogen-bond acceptors (Lipinski definition) is 4. The molecule has 0 aliphatic carbocycles. The van der Waals surface area contributed by atoms with Crippen molar-refractivity contribution in [2.24, 2.45) is 5.73 Å². The van der Waals surface area contributed by atoms with Crippen molar-refractivity contribution in [2.45, 2.75) is 6.42 Å². The van der Waals surface area contributed by atoms with E-state index in [0.29, 0.717) is 18.7 Å². The van der Waals surface area contributed by atoms with Crippen molar-refractivity contribution in [1.82, 2.24) is 15.2 Å². The molecule has 0 unspecified atom stereocenters. The monoisotopic (exact) mass is 278 g/mol. The van der Waals surface area contributed by atoms with Crippen LogP contribution in [0.4, 0.5) is 0 Å². The van der Waals surface area contributed by atoms with Gasteiger partial charge in [-0.25, -0.2) is 0 Å². The molecule has 0 atom stereocenters. The smallest absolute Gasteiger partial charge is 0.272 e. The van der Waals surface area contributed by atoms with Crippen LogP contribution in [0.2, 0.25) is 0 Å². The standard InChI is InChI=1S/C12H14N4O2S/c13-11(19)8-2-3-9(15-6-8)12(18)16-5-1-4-14-10(17)7-16/h2-3,6H,1,4-5,7H2,(H2,13,19)(H,14,17). The maximum absolute atomic E-state index is 12.2. The number of nitrogens with zero attached hydrogens (tertiary/aromatic N) is 2. The summed E-state index contributed by atoms with van der Waals surface area (Å²) in [7, 11) is 0. The Hall–Kier alpha value is -2.02. The first-order chi connectivity index (χ1) is 9.08. The summed E-state index contributed by atoms with van der Waals surface area (Å²) in [4.78, 5) is 29.4. The van der Waals surface area contributed by atoms with Gasteiger partial charge in [0.15, 0.2) is 0 Å². The summed E-state index contributed by atoms with van der Waals surface area (Å²) < 4.78 is 0. The molecule has 0 radical (unpaired) electrons. The molecule has 1 aromatic heterocycles. The van der Waals surface area contributed by atoms with E-state index in [1.807, 2.05) is 0 Å². The first-order valence-corrected chi connectivity index (χ1v) is 6.30. The summed E-state index contributed by atoms with van der Waals surface area (Å²) in [6, 6.07) is 3.22. The van der Waals surface area contributed by atoms with Gasteiger partial charge in [-0.2, -0.15) is 0 Å². The molecule has 2 amide bonds. The summed E-state index contributed by atoms with van der Waals surface area (Å²) in [6.07, 6.45) is 2.20. The number of amides is 2. The minimum absolute atomic E-state index is 0.0670. The average molecular weight is 278 g/mol. The SMILES string of the molecule is NC(=S)c1ccc(C(=O)N2CCCNC(=O)C2)nc1. The maximum Gasteiger partial charge on any atom is 0.272 e. The van der Waals surface area contributed by atoms with Crippen LogP contribution in [0.1, 0.15) is 22.5 Å². The number of carbonyl (C=O) groups is 2. The van der Waals surface area contributed by atoms with Gasteiger partial charge in [0.1, 0.15) is 10.7 Å². The molecule has 1 fully saturated rings. The number of nitrogens with one attached hydrogen (secondary N) is 1. The van der Waals surface area contributed by atoms with Crippen LogP contribution in [-0.2, 0) is 4.79 Å². The first kappa shape index (κ1) is 13.4. The number of pyridine rings is 1. The minimum Gasteiger partial charge on any atom is -0.389 e. The van der Waals surface area contributed by atoms with Crippen LogP contribution < -0.4 is 11.1 Å². The zero-order valence-corrected chi connectivity index (χ0v) is 11.1. The first-order valence-electron chi connectivity index (χ1n) is 5.90. The minimum atomic E-state index is -0.258. The second-order valence-corrected chi connectivity index (χ2v) is 4.67. The van der Waals surface area contributed by atoms with Crippen molar-refractivity contribution in [1.29, 1.82) is 0 Å². The van der Waals surface area contributed by atoms with Crippen LogP contribution >= 0.6 is 12.2 Å². The lowest BCUT2D eigenvalue weighted by atomic mass is 10.2. The van der Waals surface area contributed by atoms with Gasteiger partial charge in [0.05, 0.1) is 6.54 Å². The zero-order chi connectivity index (χ0) is 13.8. The highest BCUT2D eigenvalue weighted by atomic mass is 32.1. The van der Waals surface area contributed by atoms with Crippen molar-refractivity contribution in [3.63, 3.8) is 0 Å². The van der Waals surface area contributed by atoms with E-state index in [0.717, 1.165) is 6.42 Å². The van der Waals surface area contributed by atoms with E-state index in [9.17, 15) is 9.59 Å². The average Bonchev–Trinajstić information content (AvgIpc) is 2.62. The molecule has 2 rings (SSSR count). The molecule has 100 valence electrons. The molecule has 1 saturated heterocycles. The van der Waals surface area contributed by atoms with Crippen molar-refractivity contribution in [3.8, 4) is 0 Å². The van der Waals surface area contributed by atoms with Gasteiger partial charge in [-0.3, -0.25) is 14.6 Å². The van der Waals surface area contributed by atoms with E-state index in [1.165, 1.54) is 11.1 Å². The summed E-state index contributed by atoms with van der Waals surface area (Å²) in [5, 5.41) is 2.72. The molecule has 0 bridgehead atoms. The lowest BCUT2D eigenvalue weighted by Crippen LogP contribution is -2.37. The quantitative estimate of drug-likeness (QED) is 0.724. The van der Waals surface area contributed by atoms with Gasteiger partial charge in [0.25, 0.3) is 5.91 Å². The van der Waals surface area contributed by atoms with Crippen molar-refractivity contribution < 1.29 is 9.59 Å². The number of nitrogens with two attached hydrogens (primary N) is 1. The van der Waals surface area contributed by atoms with Crippen LogP contribution in [0.25, 0.3) is 0 Å². The highest BCUT2D eigenvalue weighted by molar-refractivity contribution is 7.80. The van der Waals surface area contributed by atoms with Gasteiger partial charge < -0.3 is 16.0 Å². The summed E-state index contributed by atoms with van der Waals surface area (Å²) in [6.45, 7) is 1.20. The lowest BCUT2D eigenvalue weighted by Gasteiger charge is -2.18. The number of thiocarbonyl (C=S) groups is 1. The Kier molecular flexibility index (Phi) is 4.06. The van der Waals surface area contributed by atoms with E-state index in [2.05, 4.69) is 10.3 Å².